The van der Waals surface area contributed by atoms with Crippen LogP contribution in [0.15, 0.2) is 18.3 Å². The molecule has 0 amide bonds. The average Bonchev–Trinajstić information content (AvgIpc) is 2.01. The van der Waals surface area contributed by atoms with E-state index in [0.29, 0.717) is 18.5 Å². The van der Waals surface area contributed by atoms with Crippen molar-refractivity contribution in [2.75, 3.05) is 0 Å². The van der Waals surface area contributed by atoms with E-state index in [9.17, 15) is 4.39 Å². The van der Waals surface area contributed by atoms with Crippen LogP contribution in [-0.4, -0.2) is 16.2 Å². The Kier molecular flexibility index (Phi) is 3.17. The van der Waals surface area contributed by atoms with Crippen LogP contribution >= 0.6 is 0 Å². The smallest absolute Gasteiger partial charge is 0.126 e. The molecule has 0 aliphatic carbocycles. The van der Waals surface area contributed by atoms with Crippen molar-refractivity contribution in [2.45, 2.75) is 25.9 Å². The van der Waals surface area contributed by atoms with Crippen molar-refractivity contribution in [1.82, 2.24) is 4.98 Å². The summed E-state index contributed by atoms with van der Waals surface area (Å²) >= 11 is 0. The first-order valence-electron chi connectivity index (χ1n) is 3.97. The first-order valence-corrected chi connectivity index (χ1v) is 3.97. The minimum absolute atomic E-state index is 0.273. The van der Waals surface area contributed by atoms with E-state index in [1.165, 1.54) is 18.3 Å². The van der Waals surface area contributed by atoms with Gasteiger partial charge in [0.1, 0.15) is 5.82 Å². The molecule has 3 heteroatoms. The van der Waals surface area contributed by atoms with Gasteiger partial charge < -0.3 is 5.11 Å². The van der Waals surface area contributed by atoms with E-state index in [1.807, 2.05) is 0 Å². The number of aryl methyl sites for hydroxylation is 1. The minimum Gasteiger partial charge on any atom is -0.393 e. The van der Waals surface area contributed by atoms with Gasteiger partial charge in [-0.25, -0.2) is 4.39 Å². The number of rotatable bonds is 3. The summed E-state index contributed by atoms with van der Waals surface area (Å²) in [5.41, 5.74) is 0.691. The first kappa shape index (κ1) is 9.13. The molecular formula is C9H12FNO. The van der Waals surface area contributed by atoms with Gasteiger partial charge in [-0.3, -0.25) is 4.98 Å². The third-order valence-corrected chi connectivity index (χ3v) is 1.60. The predicted molar refractivity (Wildman–Crippen MR) is 44.2 cm³/mol. The van der Waals surface area contributed by atoms with Gasteiger partial charge in [-0.15, -0.1) is 0 Å². The molecule has 0 saturated heterocycles. The summed E-state index contributed by atoms with van der Waals surface area (Å²) in [6.07, 6.45) is 2.33. The second kappa shape index (κ2) is 4.16. The van der Waals surface area contributed by atoms with E-state index >= 15 is 0 Å². The van der Waals surface area contributed by atoms with Crippen molar-refractivity contribution in [3.8, 4) is 0 Å². The third kappa shape index (κ3) is 2.96. The molecule has 0 aliphatic heterocycles. The first-order chi connectivity index (χ1) is 5.68. The van der Waals surface area contributed by atoms with Crippen LogP contribution < -0.4 is 0 Å². The summed E-state index contributed by atoms with van der Waals surface area (Å²) in [7, 11) is 0. The number of hydrogen-bond donors (Lipinski definition) is 1. The molecule has 0 unspecified atom stereocenters. The Bertz CT molecular complexity index is 250. The Morgan fingerprint density at radius 2 is 2.42 bits per heavy atom. The highest BCUT2D eigenvalue weighted by Crippen LogP contribution is 2.03. The molecular weight excluding hydrogens is 157 g/mol. The molecule has 0 aromatic carbocycles. The van der Waals surface area contributed by atoms with Crippen molar-refractivity contribution >= 4 is 0 Å². The zero-order valence-corrected chi connectivity index (χ0v) is 7.00. The number of hydrogen-bond acceptors (Lipinski definition) is 2. The van der Waals surface area contributed by atoms with E-state index < -0.39 is 0 Å². The van der Waals surface area contributed by atoms with Crippen LogP contribution in [0.5, 0.6) is 0 Å². The van der Waals surface area contributed by atoms with E-state index in [2.05, 4.69) is 4.98 Å². The fourth-order valence-electron chi connectivity index (χ4n) is 0.942. The van der Waals surface area contributed by atoms with Crippen LogP contribution in [0.2, 0.25) is 0 Å². The van der Waals surface area contributed by atoms with Crippen LogP contribution in [0.3, 0.4) is 0 Å². The van der Waals surface area contributed by atoms with Gasteiger partial charge in [-0.1, -0.05) is 0 Å². The summed E-state index contributed by atoms with van der Waals surface area (Å²) < 4.78 is 12.6. The Morgan fingerprint density at radius 3 is 3.00 bits per heavy atom. The van der Waals surface area contributed by atoms with Gasteiger partial charge in [0.15, 0.2) is 0 Å². The highest BCUT2D eigenvalue weighted by Gasteiger charge is 1.99. The predicted octanol–water partition coefficient (Wildman–Crippen LogP) is 1.53. The molecule has 12 heavy (non-hydrogen) atoms. The molecule has 1 aromatic rings. The molecule has 1 atom stereocenters. The lowest BCUT2D eigenvalue weighted by Gasteiger charge is -2.02. The monoisotopic (exact) mass is 169 g/mol. The topological polar surface area (TPSA) is 33.1 Å². The van der Waals surface area contributed by atoms with Crippen molar-refractivity contribution in [3.05, 3.63) is 29.8 Å². The SMILES string of the molecule is C[C@@H](O)CCc1cc(F)ccn1. The Labute approximate surface area is 71.1 Å². The summed E-state index contributed by atoms with van der Waals surface area (Å²) in [5.74, 6) is -0.273. The maximum atomic E-state index is 12.6. The molecule has 0 radical (unpaired) electrons. The zero-order valence-electron chi connectivity index (χ0n) is 7.00. The third-order valence-electron chi connectivity index (χ3n) is 1.60. The molecule has 0 saturated carbocycles. The highest BCUT2D eigenvalue weighted by atomic mass is 19.1. The van der Waals surface area contributed by atoms with E-state index in [4.69, 9.17) is 5.11 Å². The van der Waals surface area contributed by atoms with Crippen LogP contribution in [0.25, 0.3) is 0 Å². The van der Waals surface area contributed by atoms with Crippen LogP contribution in [0, 0.1) is 5.82 Å². The molecule has 2 nitrogen and oxygen atoms in total. The van der Waals surface area contributed by atoms with Gasteiger partial charge >= 0.3 is 0 Å². The summed E-state index contributed by atoms with van der Waals surface area (Å²) in [6, 6.07) is 2.70. The van der Waals surface area contributed by atoms with Crippen molar-refractivity contribution in [3.63, 3.8) is 0 Å². The quantitative estimate of drug-likeness (QED) is 0.744. The van der Waals surface area contributed by atoms with Crippen LogP contribution in [0.4, 0.5) is 4.39 Å². The number of halogens is 1. The lowest BCUT2D eigenvalue weighted by molar-refractivity contribution is 0.184. The Balaban J connectivity index is 2.52. The number of aliphatic hydroxyl groups is 1. The maximum Gasteiger partial charge on any atom is 0.126 e. The highest BCUT2D eigenvalue weighted by molar-refractivity contribution is 5.05. The normalized spacial score (nSPS) is 12.9. The maximum absolute atomic E-state index is 12.6. The summed E-state index contributed by atoms with van der Waals surface area (Å²) in [4.78, 5) is 3.96. The van der Waals surface area contributed by atoms with Gasteiger partial charge in [-0.2, -0.15) is 0 Å². The molecule has 0 fully saturated rings. The number of nitrogens with zero attached hydrogens (tertiary/aromatic N) is 1. The van der Waals surface area contributed by atoms with E-state index in [-0.39, 0.29) is 11.9 Å². The van der Waals surface area contributed by atoms with Gasteiger partial charge in [0.25, 0.3) is 0 Å². The molecule has 66 valence electrons. The number of aliphatic hydroxyl groups excluding tert-OH is 1. The van der Waals surface area contributed by atoms with Crippen molar-refractivity contribution < 1.29 is 9.50 Å². The van der Waals surface area contributed by atoms with Gasteiger partial charge in [0.2, 0.25) is 0 Å². The van der Waals surface area contributed by atoms with Gasteiger partial charge in [-0.05, 0) is 31.9 Å². The number of pyridine rings is 1. The van der Waals surface area contributed by atoms with Gasteiger partial charge in [0, 0.05) is 11.9 Å². The second-order valence-corrected chi connectivity index (χ2v) is 2.85. The lowest BCUT2D eigenvalue weighted by atomic mass is 10.1. The second-order valence-electron chi connectivity index (χ2n) is 2.85. The van der Waals surface area contributed by atoms with Crippen LogP contribution in [0.1, 0.15) is 19.0 Å². The van der Waals surface area contributed by atoms with Gasteiger partial charge in [0.05, 0.1) is 6.10 Å². The molecule has 0 bridgehead atoms. The minimum atomic E-state index is -0.352. The largest absolute Gasteiger partial charge is 0.393 e. The van der Waals surface area contributed by atoms with E-state index in [1.54, 1.807) is 6.92 Å². The molecule has 1 N–H and O–H groups in total. The molecule has 0 spiro atoms. The van der Waals surface area contributed by atoms with E-state index in [0.717, 1.165) is 0 Å². The Hall–Kier alpha value is -0.960. The van der Waals surface area contributed by atoms with Crippen molar-refractivity contribution in [2.24, 2.45) is 0 Å². The molecule has 1 rings (SSSR count). The number of aromatic nitrogens is 1. The standard InChI is InChI=1S/C9H12FNO/c1-7(12)2-3-9-6-8(10)4-5-11-9/h4-7,12H,2-3H2,1H3/t7-/m1/s1. The average molecular weight is 169 g/mol. The fraction of sp³-hybridized carbons (Fsp3) is 0.444. The lowest BCUT2D eigenvalue weighted by Crippen LogP contribution is -2.02. The fourth-order valence-corrected chi connectivity index (χ4v) is 0.942. The summed E-state index contributed by atoms with van der Waals surface area (Å²) in [5, 5.41) is 8.96. The molecule has 1 heterocycles. The Morgan fingerprint density at radius 1 is 1.67 bits per heavy atom. The van der Waals surface area contributed by atoms with Crippen molar-refractivity contribution in [1.29, 1.82) is 0 Å². The molecule has 1 aromatic heterocycles. The van der Waals surface area contributed by atoms with Crippen LogP contribution in [-0.2, 0) is 6.42 Å². The molecule has 0 aliphatic rings. The zero-order chi connectivity index (χ0) is 8.97. The summed E-state index contributed by atoms with van der Waals surface area (Å²) in [6.45, 7) is 1.71.